The van der Waals surface area contributed by atoms with E-state index in [9.17, 15) is 14.7 Å². The lowest BCUT2D eigenvalue weighted by Crippen LogP contribution is -2.29. The highest BCUT2D eigenvalue weighted by Crippen LogP contribution is 2.42. The van der Waals surface area contributed by atoms with Gasteiger partial charge in [-0.15, -0.1) is 0 Å². The van der Waals surface area contributed by atoms with Crippen LogP contribution in [0.1, 0.15) is 36.1 Å². The molecule has 0 radical (unpaired) electrons. The molecule has 38 heavy (non-hydrogen) atoms. The zero-order valence-corrected chi connectivity index (χ0v) is 21.9. The van der Waals surface area contributed by atoms with Crippen LogP contribution in [0.3, 0.4) is 0 Å². The first-order chi connectivity index (χ1) is 18.4. The molecule has 4 rings (SSSR count). The van der Waals surface area contributed by atoms with E-state index in [0.717, 1.165) is 12.0 Å². The van der Waals surface area contributed by atoms with Gasteiger partial charge in [0.2, 0.25) is 0 Å². The number of nitrogens with zero attached hydrogens (tertiary/aromatic N) is 1. The fourth-order valence-corrected chi connectivity index (χ4v) is 4.42. The number of aliphatic hydroxyl groups excluding tert-OH is 1. The molecule has 0 aliphatic carbocycles. The third-order valence-corrected chi connectivity index (χ3v) is 6.38. The number of likely N-dealkylation sites (tertiary alicyclic amines) is 1. The lowest BCUT2D eigenvalue weighted by atomic mass is 9.94. The Morgan fingerprint density at radius 2 is 1.50 bits per heavy atom. The first kappa shape index (κ1) is 26.6. The highest BCUT2D eigenvalue weighted by Gasteiger charge is 2.46. The first-order valence-corrected chi connectivity index (χ1v) is 12.3. The Hall–Kier alpha value is -4.46. The number of hydrogen-bond donors (Lipinski definition) is 1. The van der Waals surface area contributed by atoms with E-state index in [1.54, 1.807) is 61.7 Å². The van der Waals surface area contributed by atoms with Crippen molar-refractivity contribution in [2.75, 3.05) is 27.9 Å². The maximum absolute atomic E-state index is 13.4. The van der Waals surface area contributed by atoms with E-state index < -0.39 is 17.7 Å². The smallest absolute Gasteiger partial charge is 0.295 e. The molecule has 3 aromatic rings. The predicted molar refractivity (Wildman–Crippen MR) is 143 cm³/mol. The summed E-state index contributed by atoms with van der Waals surface area (Å²) in [5.74, 6) is 0.552. The monoisotopic (exact) mass is 517 g/mol. The number of rotatable bonds is 10. The van der Waals surface area contributed by atoms with Crippen LogP contribution in [0.15, 0.2) is 72.3 Å². The fourth-order valence-electron chi connectivity index (χ4n) is 4.42. The lowest BCUT2D eigenvalue weighted by molar-refractivity contribution is -0.140. The summed E-state index contributed by atoms with van der Waals surface area (Å²) in [6.07, 6.45) is 0.866. The molecule has 1 saturated heterocycles. The quantitative estimate of drug-likeness (QED) is 0.227. The molecule has 1 amide bonds. The Morgan fingerprint density at radius 1 is 0.842 bits per heavy atom. The van der Waals surface area contributed by atoms with Crippen molar-refractivity contribution < 1.29 is 33.6 Å². The number of hydrogen-bond acceptors (Lipinski definition) is 7. The minimum atomic E-state index is -0.854. The van der Waals surface area contributed by atoms with Crippen LogP contribution in [0.5, 0.6) is 23.0 Å². The third kappa shape index (κ3) is 5.29. The van der Waals surface area contributed by atoms with Gasteiger partial charge in [-0.05, 0) is 66.1 Å². The SMILES string of the molecule is CCCOc1ccc(/C(O)=C2/C(=O)C(=O)N(Cc3ccc(OC)cc3)C2c2ccc(OC)c(OC)c2)cc1. The second kappa shape index (κ2) is 11.7. The Balaban J connectivity index is 1.81. The van der Waals surface area contributed by atoms with Gasteiger partial charge in [-0.25, -0.2) is 0 Å². The van der Waals surface area contributed by atoms with E-state index in [-0.39, 0.29) is 17.9 Å². The summed E-state index contributed by atoms with van der Waals surface area (Å²) in [4.78, 5) is 28.2. The molecule has 0 saturated carbocycles. The van der Waals surface area contributed by atoms with E-state index in [1.165, 1.54) is 19.1 Å². The second-order valence-corrected chi connectivity index (χ2v) is 8.76. The number of ether oxygens (including phenoxy) is 4. The molecule has 8 nitrogen and oxygen atoms in total. The molecule has 1 unspecified atom stereocenters. The molecular weight excluding hydrogens is 486 g/mol. The summed E-state index contributed by atoms with van der Waals surface area (Å²) in [5, 5.41) is 11.4. The summed E-state index contributed by atoms with van der Waals surface area (Å²) < 4.78 is 21.7. The van der Waals surface area contributed by atoms with Crippen molar-refractivity contribution in [1.82, 2.24) is 4.90 Å². The molecule has 0 spiro atoms. The molecule has 198 valence electrons. The van der Waals surface area contributed by atoms with Crippen LogP contribution in [-0.2, 0) is 16.1 Å². The number of carbonyl (C=O) groups is 2. The summed E-state index contributed by atoms with van der Waals surface area (Å²) in [6, 6.07) is 18.4. The van der Waals surface area contributed by atoms with Gasteiger partial charge in [-0.3, -0.25) is 9.59 Å². The number of aliphatic hydroxyl groups is 1. The normalized spacial score (nSPS) is 16.4. The highest BCUT2D eigenvalue weighted by molar-refractivity contribution is 6.46. The lowest BCUT2D eigenvalue weighted by Gasteiger charge is -2.26. The average molecular weight is 518 g/mol. The van der Waals surface area contributed by atoms with Crippen LogP contribution in [0.25, 0.3) is 5.76 Å². The van der Waals surface area contributed by atoms with E-state index in [4.69, 9.17) is 18.9 Å². The first-order valence-electron chi connectivity index (χ1n) is 12.3. The number of carbonyl (C=O) groups excluding carboxylic acids is 2. The number of Topliss-reactive ketones (excluding diaryl/α,β-unsaturated/α-hetero) is 1. The van der Waals surface area contributed by atoms with Gasteiger partial charge >= 0.3 is 0 Å². The predicted octanol–water partition coefficient (Wildman–Crippen LogP) is 5.12. The molecule has 0 bridgehead atoms. The van der Waals surface area contributed by atoms with Crippen molar-refractivity contribution in [2.24, 2.45) is 0 Å². The molecular formula is C30H31NO7. The Morgan fingerprint density at radius 3 is 2.11 bits per heavy atom. The molecule has 0 aromatic heterocycles. The third-order valence-electron chi connectivity index (χ3n) is 6.38. The standard InChI is InChI=1S/C30H31NO7/c1-5-16-38-23-13-8-20(9-14-23)28(32)26-27(21-10-15-24(36-3)25(17-21)37-4)31(30(34)29(26)33)18-19-6-11-22(35-2)12-7-19/h6-15,17,27,32H,5,16,18H2,1-4H3/b28-26-. The van der Waals surface area contributed by atoms with Crippen molar-refractivity contribution in [3.05, 3.63) is 89.0 Å². The van der Waals surface area contributed by atoms with E-state index in [0.29, 0.717) is 40.7 Å². The van der Waals surface area contributed by atoms with Gasteiger partial charge in [0.25, 0.3) is 11.7 Å². The van der Waals surface area contributed by atoms with E-state index in [1.807, 2.05) is 19.1 Å². The summed E-state index contributed by atoms with van der Waals surface area (Å²) >= 11 is 0. The molecule has 8 heteroatoms. The molecule has 1 N–H and O–H groups in total. The summed E-state index contributed by atoms with van der Waals surface area (Å²) in [7, 11) is 4.62. The van der Waals surface area contributed by atoms with E-state index in [2.05, 4.69) is 0 Å². The van der Waals surface area contributed by atoms with E-state index >= 15 is 0 Å². The van der Waals surface area contributed by atoms with Crippen LogP contribution in [0.2, 0.25) is 0 Å². The van der Waals surface area contributed by atoms with Gasteiger partial charge in [0.15, 0.2) is 11.5 Å². The minimum Gasteiger partial charge on any atom is -0.507 e. The summed E-state index contributed by atoms with van der Waals surface area (Å²) in [5.41, 5.74) is 1.80. The molecule has 1 fully saturated rings. The van der Waals surface area contributed by atoms with Crippen molar-refractivity contribution in [3.63, 3.8) is 0 Å². The van der Waals surface area contributed by atoms with Crippen molar-refractivity contribution in [1.29, 1.82) is 0 Å². The number of ketones is 1. The van der Waals surface area contributed by atoms with Crippen LogP contribution < -0.4 is 18.9 Å². The Labute approximate surface area is 222 Å². The fraction of sp³-hybridized carbons (Fsp3) is 0.267. The molecule has 1 atom stereocenters. The van der Waals surface area contributed by atoms with Gasteiger partial charge < -0.3 is 29.0 Å². The van der Waals surface area contributed by atoms with Crippen LogP contribution >= 0.6 is 0 Å². The zero-order chi connectivity index (χ0) is 27.2. The second-order valence-electron chi connectivity index (χ2n) is 8.76. The number of methoxy groups -OCH3 is 3. The highest BCUT2D eigenvalue weighted by atomic mass is 16.5. The largest absolute Gasteiger partial charge is 0.507 e. The maximum Gasteiger partial charge on any atom is 0.295 e. The van der Waals surface area contributed by atoms with Gasteiger partial charge in [-0.2, -0.15) is 0 Å². The molecule has 3 aromatic carbocycles. The van der Waals surface area contributed by atoms with Gasteiger partial charge in [-0.1, -0.05) is 25.1 Å². The maximum atomic E-state index is 13.4. The topological polar surface area (TPSA) is 94.5 Å². The number of amides is 1. The Bertz CT molecular complexity index is 1330. The van der Waals surface area contributed by atoms with Crippen LogP contribution in [0.4, 0.5) is 0 Å². The number of benzene rings is 3. The minimum absolute atomic E-state index is 0.00189. The van der Waals surface area contributed by atoms with Crippen molar-refractivity contribution in [2.45, 2.75) is 25.9 Å². The Kier molecular flexibility index (Phi) is 8.21. The van der Waals surface area contributed by atoms with Gasteiger partial charge in [0, 0.05) is 12.1 Å². The van der Waals surface area contributed by atoms with Gasteiger partial charge in [0.05, 0.1) is 39.6 Å². The summed E-state index contributed by atoms with van der Waals surface area (Å²) in [6.45, 7) is 2.73. The average Bonchev–Trinajstić information content (AvgIpc) is 3.20. The molecule has 1 aliphatic rings. The molecule has 1 aliphatic heterocycles. The zero-order valence-electron chi connectivity index (χ0n) is 21.9. The molecule has 1 heterocycles. The van der Waals surface area contributed by atoms with Crippen molar-refractivity contribution >= 4 is 17.4 Å². The van der Waals surface area contributed by atoms with Crippen molar-refractivity contribution in [3.8, 4) is 23.0 Å². The van der Waals surface area contributed by atoms with Crippen LogP contribution in [-0.4, -0.2) is 49.6 Å². The van der Waals surface area contributed by atoms with Crippen LogP contribution in [0, 0.1) is 0 Å². The van der Waals surface area contributed by atoms with Gasteiger partial charge in [0.1, 0.15) is 17.3 Å².